The van der Waals surface area contributed by atoms with E-state index in [9.17, 15) is 15.3 Å². The van der Waals surface area contributed by atoms with Crippen molar-refractivity contribution < 1.29 is 54.2 Å². The average molecular weight is 943 g/mol. The Bertz CT molecular complexity index is 3030. The number of rotatable bonds is 18. The first-order chi connectivity index (χ1) is 34.3. The Morgan fingerprint density at radius 1 is 0.443 bits per heavy atom. The van der Waals surface area contributed by atoms with Gasteiger partial charge in [0, 0.05) is 0 Å². The molecule has 11 heteroatoms. The van der Waals surface area contributed by atoms with Gasteiger partial charge < -0.3 is 54.2 Å². The molecule has 0 radical (unpaired) electrons. The van der Waals surface area contributed by atoms with Crippen LogP contribution in [0.15, 0.2) is 183 Å². The van der Waals surface area contributed by atoms with Crippen LogP contribution in [0.4, 0.5) is 0 Å². The van der Waals surface area contributed by atoms with Crippen molar-refractivity contribution >= 4 is 43.1 Å². The van der Waals surface area contributed by atoms with Crippen LogP contribution in [0.1, 0.15) is 22.3 Å². The van der Waals surface area contributed by atoms with Gasteiger partial charge in [-0.05, 0) is 89.6 Å². The summed E-state index contributed by atoms with van der Waals surface area (Å²) in [6, 6.07) is 56.8. The molecular weight excluding hydrogens is 883 g/mol. The van der Waals surface area contributed by atoms with Crippen molar-refractivity contribution in [2.75, 3.05) is 13.2 Å². The van der Waals surface area contributed by atoms with Crippen molar-refractivity contribution in [3.8, 4) is 0 Å². The van der Waals surface area contributed by atoms with E-state index in [2.05, 4.69) is 128 Å². The summed E-state index contributed by atoms with van der Waals surface area (Å²) >= 11 is 0. The summed E-state index contributed by atoms with van der Waals surface area (Å²) in [7, 11) is 0. The van der Waals surface area contributed by atoms with E-state index in [1.165, 1.54) is 0 Å². The van der Waals surface area contributed by atoms with Gasteiger partial charge in [0.2, 0.25) is 6.29 Å². The molecule has 70 heavy (non-hydrogen) atoms. The number of fused-ring (bicyclic) bond motifs is 4. The van der Waals surface area contributed by atoms with Gasteiger partial charge in [-0.3, -0.25) is 0 Å². The summed E-state index contributed by atoms with van der Waals surface area (Å²) in [6.45, 7) is 4.27. The highest BCUT2D eigenvalue weighted by molar-refractivity contribution is 5.85. The smallest absolute Gasteiger partial charge is 0.214 e. The van der Waals surface area contributed by atoms with E-state index in [-0.39, 0.29) is 33.0 Å². The minimum Gasteiger partial charge on any atom is -0.394 e. The number of hydrogen-bond acceptors (Lipinski definition) is 10. The summed E-state index contributed by atoms with van der Waals surface area (Å²) in [5, 5.41) is 41.3. The first-order valence-electron chi connectivity index (χ1n) is 24.0. The number of aliphatic hydroxyl groups excluding tert-OH is 3. The molecule has 1 aliphatic heterocycles. The van der Waals surface area contributed by atoms with Gasteiger partial charge >= 0.3 is 0 Å². The van der Waals surface area contributed by atoms with Gasteiger partial charge in [-0.1, -0.05) is 152 Å². The third-order valence-corrected chi connectivity index (χ3v) is 13.7. The van der Waals surface area contributed by atoms with E-state index < -0.39 is 73.9 Å². The van der Waals surface area contributed by atoms with Gasteiger partial charge in [0.05, 0.1) is 39.6 Å². The lowest BCUT2D eigenvalue weighted by Crippen LogP contribution is -2.79. The van der Waals surface area contributed by atoms with Crippen molar-refractivity contribution in [3.63, 3.8) is 0 Å². The number of ether oxygens (including phenoxy) is 7. The van der Waals surface area contributed by atoms with Crippen LogP contribution < -0.4 is 5.73 Å². The summed E-state index contributed by atoms with van der Waals surface area (Å²) in [6.07, 6.45) is -8.93. The molecule has 1 saturated heterocycles. The monoisotopic (exact) mass is 942 g/mol. The maximum absolute atomic E-state index is 11.3. The summed E-state index contributed by atoms with van der Waals surface area (Å²) in [5.41, 5.74) is 7.94. The molecule has 1 saturated carbocycles. The van der Waals surface area contributed by atoms with Crippen LogP contribution in [0.5, 0.6) is 0 Å². The number of aliphatic hydroxyl groups is 3. The van der Waals surface area contributed by atoms with Crippen molar-refractivity contribution in [1.29, 1.82) is 0 Å². The fraction of sp³-hybridized carbons (Fsp3) is 0.288. The van der Waals surface area contributed by atoms with Gasteiger partial charge in [-0.15, -0.1) is 6.58 Å². The second kappa shape index (κ2) is 22.0. The Morgan fingerprint density at radius 3 is 1.11 bits per heavy atom. The van der Waals surface area contributed by atoms with Gasteiger partial charge in [0.15, 0.2) is 6.04 Å². The second-order valence-electron chi connectivity index (χ2n) is 18.4. The molecule has 1 heterocycles. The van der Waals surface area contributed by atoms with Crippen LogP contribution in [0.25, 0.3) is 43.1 Å². The molecule has 2 aliphatic rings. The Hall–Kier alpha value is -5.90. The molecule has 6 N–H and O–H groups in total. The fourth-order valence-electron chi connectivity index (χ4n) is 9.91. The highest BCUT2D eigenvalue weighted by Crippen LogP contribution is 2.38. The number of benzene rings is 8. The molecule has 1 aliphatic carbocycles. The largest absolute Gasteiger partial charge is 0.394 e. The van der Waals surface area contributed by atoms with Crippen molar-refractivity contribution in [3.05, 3.63) is 205 Å². The lowest BCUT2D eigenvalue weighted by molar-refractivity contribution is -0.507. The number of hydrogen-bond donors (Lipinski definition) is 4. The SMILES string of the molecule is C=CCO[C@@H]1[C@H](OCc2ccc3ccccc3c2)[C@H](OCc2ccc3ccccc3c2)[C@@H](OCc2ccc3ccccc3c2)[C@H](OCc2ccc3ccccc3c2)[C@H]1O[C@H]1O[C@H](CO)[C@@H](O)[C@H](O)[C@H]1[NH3+]. The zero-order chi connectivity index (χ0) is 48.0. The van der Waals surface area contributed by atoms with Crippen LogP contribution in [0.3, 0.4) is 0 Å². The Morgan fingerprint density at radius 2 is 0.771 bits per heavy atom. The van der Waals surface area contributed by atoms with Crippen LogP contribution in [-0.4, -0.2) is 95.8 Å². The van der Waals surface area contributed by atoms with E-state index in [0.29, 0.717) is 0 Å². The van der Waals surface area contributed by atoms with Gasteiger partial charge in [0.25, 0.3) is 0 Å². The lowest BCUT2D eigenvalue weighted by atomic mass is 9.83. The molecule has 8 aromatic carbocycles. The highest BCUT2D eigenvalue weighted by Gasteiger charge is 2.57. The van der Waals surface area contributed by atoms with E-state index in [4.69, 9.17) is 33.2 Å². The molecule has 8 aromatic rings. The quantitative estimate of drug-likeness (QED) is 0.0624. The minimum absolute atomic E-state index is 0.109. The van der Waals surface area contributed by atoms with Crippen LogP contribution in [-0.2, 0) is 59.6 Å². The summed E-state index contributed by atoms with van der Waals surface area (Å²) in [5.74, 6) is 0. The maximum atomic E-state index is 11.3. The molecule has 0 spiro atoms. The van der Waals surface area contributed by atoms with Crippen LogP contribution in [0.2, 0.25) is 0 Å². The molecule has 0 bridgehead atoms. The molecular formula is C59H60NO10+. The predicted molar refractivity (Wildman–Crippen MR) is 269 cm³/mol. The van der Waals surface area contributed by atoms with E-state index >= 15 is 0 Å². The number of quaternary nitrogens is 1. The molecule has 11 atom stereocenters. The Labute approximate surface area is 407 Å². The maximum Gasteiger partial charge on any atom is 0.214 e. The predicted octanol–water partition coefficient (Wildman–Crippen LogP) is 7.96. The topological polar surface area (TPSA) is 153 Å². The van der Waals surface area contributed by atoms with E-state index in [0.717, 1.165) is 65.3 Å². The van der Waals surface area contributed by atoms with Gasteiger partial charge in [-0.25, -0.2) is 0 Å². The van der Waals surface area contributed by atoms with Crippen molar-refractivity contribution in [2.24, 2.45) is 0 Å². The van der Waals surface area contributed by atoms with E-state index in [1.54, 1.807) is 6.08 Å². The fourth-order valence-corrected chi connectivity index (χ4v) is 9.91. The Kier molecular flexibility index (Phi) is 15.0. The van der Waals surface area contributed by atoms with Gasteiger partial charge in [-0.2, -0.15) is 0 Å². The third-order valence-electron chi connectivity index (χ3n) is 13.7. The highest BCUT2D eigenvalue weighted by atomic mass is 16.7. The van der Waals surface area contributed by atoms with Crippen LogP contribution >= 0.6 is 0 Å². The molecule has 0 amide bonds. The van der Waals surface area contributed by atoms with Crippen molar-refractivity contribution in [2.45, 2.75) is 93.7 Å². The third kappa shape index (κ3) is 10.6. The zero-order valence-corrected chi connectivity index (χ0v) is 39.0. The lowest BCUT2D eigenvalue weighted by Gasteiger charge is -2.51. The first kappa shape index (κ1) is 47.8. The zero-order valence-electron chi connectivity index (χ0n) is 39.0. The van der Waals surface area contributed by atoms with Crippen LogP contribution in [0, 0.1) is 0 Å². The molecule has 0 aromatic heterocycles. The second-order valence-corrected chi connectivity index (χ2v) is 18.4. The van der Waals surface area contributed by atoms with Crippen molar-refractivity contribution in [1.82, 2.24) is 0 Å². The molecule has 2 fully saturated rings. The van der Waals surface area contributed by atoms with E-state index in [1.807, 2.05) is 54.6 Å². The molecule has 360 valence electrons. The molecule has 11 nitrogen and oxygen atoms in total. The van der Waals surface area contributed by atoms with Gasteiger partial charge in [0.1, 0.15) is 54.9 Å². The summed E-state index contributed by atoms with van der Waals surface area (Å²) < 4.78 is 48.8. The minimum atomic E-state index is -1.39. The standard InChI is InChI=1S/C59H59NO10/c1-2-27-64-56-54(66-34-38-20-24-42-12-4-8-16-46(42)29-38)53(65-33-37-19-23-41-11-3-7-15-45(41)28-37)55(67-35-39-21-25-43-13-5-9-17-47(43)30-39)57(68-36-40-22-26-44-14-6-10-18-48(44)31-40)58(56)70-59-50(60)52(63)51(62)49(32-61)69-59/h2-26,28-31,49-59,61-63H,1,27,32-36,60H2/p+1/t49-,50-,51-,52-,53+,54-,55-,56-,57+,58+,59-/m1/s1. The average Bonchev–Trinajstić information content (AvgIpc) is 3.40. The Balaban J connectivity index is 1.09. The molecule has 0 unspecified atom stereocenters. The molecule has 10 rings (SSSR count). The summed E-state index contributed by atoms with van der Waals surface area (Å²) in [4.78, 5) is 0. The normalized spacial score (nSPS) is 26.0. The first-order valence-corrected chi connectivity index (χ1v) is 24.0.